The molecule has 12 nitrogen and oxygen atoms in total. The number of methoxy groups -OCH3 is 1. The summed E-state index contributed by atoms with van der Waals surface area (Å²) in [6.45, 7) is -0.656. The van der Waals surface area contributed by atoms with Crippen LogP contribution in [0.3, 0.4) is 0 Å². The van der Waals surface area contributed by atoms with Gasteiger partial charge in [-0.3, -0.25) is 25.6 Å². The predicted octanol–water partition coefficient (Wildman–Crippen LogP) is -0.120. The van der Waals surface area contributed by atoms with E-state index in [1.165, 1.54) is 31.4 Å². The molecule has 1 amide bonds. The summed E-state index contributed by atoms with van der Waals surface area (Å²) in [7, 11) is 1.37. The van der Waals surface area contributed by atoms with Gasteiger partial charge < -0.3 is 15.2 Å². The number of nitrogens with one attached hydrogen (secondary N) is 1. The van der Waals surface area contributed by atoms with Gasteiger partial charge in [-0.15, -0.1) is 0 Å². The number of benzene rings is 1. The van der Waals surface area contributed by atoms with Gasteiger partial charge >= 0.3 is 0 Å². The Hall–Kier alpha value is -2.29. The van der Waals surface area contributed by atoms with Crippen molar-refractivity contribution in [3.63, 3.8) is 0 Å². The van der Waals surface area contributed by atoms with Crippen molar-refractivity contribution in [3.8, 4) is 11.5 Å². The van der Waals surface area contributed by atoms with E-state index in [0.29, 0.717) is 5.56 Å². The van der Waals surface area contributed by atoms with Crippen LogP contribution in [0.5, 0.6) is 11.5 Å². The van der Waals surface area contributed by atoms with Gasteiger partial charge in [-0.05, 0) is 23.8 Å². The molecule has 6 N–H and O–H groups in total. The zero-order valence-corrected chi connectivity index (χ0v) is 12.4. The fourth-order valence-corrected chi connectivity index (χ4v) is 1.52. The lowest BCUT2D eigenvalue weighted by Gasteiger charge is -2.19. The number of carbonyl (C=O) groups is 1. The van der Waals surface area contributed by atoms with Gasteiger partial charge in [0.15, 0.2) is 17.7 Å². The molecule has 0 bridgehead atoms. The minimum absolute atomic E-state index is 0.0618. The van der Waals surface area contributed by atoms with E-state index in [0.717, 1.165) is 6.08 Å². The molecular formula is C12H17N3O9. The largest absolute Gasteiger partial charge is 0.504 e. The molecule has 0 fully saturated rings. The van der Waals surface area contributed by atoms with Crippen LogP contribution >= 0.6 is 0 Å². The molecule has 0 saturated carbocycles. The number of amides is 1. The SMILES string of the molecule is COc1cc(/C=C/C(=O)NC(CON(O)O)ON(O)O)ccc1O. The van der Waals surface area contributed by atoms with Gasteiger partial charge in [0.1, 0.15) is 6.61 Å². The topological polar surface area (TPSA) is 164 Å². The zero-order valence-electron chi connectivity index (χ0n) is 12.4. The second kappa shape index (κ2) is 9.76. The summed E-state index contributed by atoms with van der Waals surface area (Å²) in [6.07, 6.45) is 1.01. The first-order valence-electron chi connectivity index (χ1n) is 6.33. The van der Waals surface area contributed by atoms with Gasteiger partial charge in [0.25, 0.3) is 0 Å². The van der Waals surface area contributed by atoms with Gasteiger partial charge in [0.05, 0.1) is 17.9 Å². The monoisotopic (exact) mass is 347 g/mol. The van der Waals surface area contributed by atoms with Gasteiger partial charge in [0, 0.05) is 6.08 Å². The molecular weight excluding hydrogens is 330 g/mol. The fraction of sp³-hybridized carbons (Fsp3) is 0.250. The molecule has 1 unspecified atom stereocenters. The molecule has 0 aliphatic heterocycles. The normalized spacial score (nSPS) is 12.8. The lowest BCUT2D eigenvalue weighted by Crippen LogP contribution is -2.43. The van der Waals surface area contributed by atoms with Crippen LogP contribution in [0.4, 0.5) is 0 Å². The number of phenolic OH excluding ortho intramolecular Hbond substituents is 1. The summed E-state index contributed by atoms with van der Waals surface area (Å²) >= 11 is 0. The van der Waals surface area contributed by atoms with Crippen molar-refractivity contribution >= 4 is 12.0 Å². The minimum atomic E-state index is -1.45. The smallest absolute Gasteiger partial charge is 0.246 e. The molecule has 1 rings (SSSR count). The zero-order chi connectivity index (χ0) is 18.1. The number of hydrogen-bond acceptors (Lipinski definition) is 11. The van der Waals surface area contributed by atoms with E-state index in [-0.39, 0.29) is 11.5 Å². The van der Waals surface area contributed by atoms with E-state index < -0.39 is 29.5 Å². The summed E-state index contributed by atoms with van der Waals surface area (Å²) in [5.41, 5.74) is 0.538. The lowest BCUT2D eigenvalue weighted by atomic mass is 10.2. The molecule has 1 atom stereocenters. The summed E-state index contributed by atoms with van der Waals surface area (Å²) in [5, 5.41) is 44.2. The van der Waals surface area contributed by atoms with Crippen molar-refractivity contribution in [2.24, 2.45) is 0 Å². The van der Waals surface area contributed by atoms with Crippen molar-refractivity contribution < 1.29 is 45.1 Å². The molecule has 0 aromatic heterocycles. The second-order valence-corrected chi connectivity index (χ2v) is 4.17. The quantitative estimate of drug-likeness (QED) is 0.200. The Labute approximate surface area is 135 Å². The summed E-state index contributed by atoms with van der Waals surface area (Å²) in [4.78, 5) is 20.3. The van der Waals surface area contributed by atoms with Crippen molar-refractivity contribution in [1.82, 2.24) is 16.1 Å². The highest BCUT2D eigenvalue weighted by Gasteiger charge is 2.16. The van der Waals surface area contributed by atoms with E-state index in [1.54, 1.807) is 0 Å². The molecule has 0 aliphatic carbocycles. The number of ether oxygens (including phenoxy) is 1. The van der Waals surface area contributed by atoms with Crippen LogP contribution in [0, 0.1) is 0 Å². The molecule has 1 aromatic rings. The van der Waals surface area contributed by atoms with Gasteiger partial charge in [-0.2, -0.15) is 0 Å². The molecule has 1 aromatic carbocycles. The molecule has 0 radical (unpaired) electrons. The summed E-state index contributed by atoms with van der Waals surface area (Å²) in [5.74, 6) is -0.567. The first-order chi connectivity index (χ1) is 11.3. The highest BCUT2D eigenvalue weighted by atomic mass is 17.1. The van der Waals surface area contributed by atoms with Crippen molar-refractivity contribution in [2.45, 2.75) is 6.23 Å². The Morgan fingerprint density at radius 2 is 2.00 bits per heavy atom. The van der Waals surface area contributed by atoms with E-state index in [1.807, 2.05) is 0 Å². The van der Waals surface area contributed by atoms with Gasteiger partial charge in [-0.25, -0.2) is 9.68 Å². The summed E-state index contributed by atoms with van der Waals surface area (Å²) in [6, 6.07) is 4.38. The van der Waals surface area contributed by atoms with Crippen LogP contribution in [-0.2, 0) is 14.5 Å². The third-order valence-electron chi connectivity index (χ3n) is 2.50. The van der Waals surface area contributed by atoms with Crippen molar-refractivity contribution in [3.05, 3.63) is 29.8 Å². The van der Waals surface area contributed by atoms with E-state index >= 15 is 0 Å². The Balaban J connectivity index is 2.66. The molecule has 0 spiro atoms. The maximum absolute atomic E-state index is 11.7. The third-order valence-corrected chi connectivity index (χ3v) is 2.50. The first-order valence-corrected chi connectivity index (χ1v) is 6.33. The van der Waals surface area contributed by atoms with Crippen molar-refractivity contribution in [2.75, 3.05) is 13.7 Å². The number of carbonyl (C=O) groups excluding carboxylic acids is 1. The van der Waals surface area contributed by atoms with E-state index in [2.05, 4.69) is 15.0 Å². The Bertz CT molecular complexity index is 565. The summed E-state index contributed by atoms with van der Waals surface area (Å²) < 4.78 is 4.92. The molecule has 0 saturated heterocycles. The van der Waals surface area contributed by atoms with E-state index in [9.17, 15) is 9.90 Å². The average molecular weight is 347 g/mol. The molecule has 0 heterocycles. The molecule has 0 aliphatic rings. The fourth-order valence-electron chi connectivity index (χ4n) is 1.52. The molecule has 24 heavy (non-hydrogen) atoms. The average Bonchev–Trinajstić information content (AvgIpc) is 2.51. The van der Waals surface area contributed by atoms with Crippen LogP contribution in [0.2, 0.25) is 0 Å². The lowest BCUT2D eigenvalue weighted by molar-refractivity contribution is -0.528. The number of aromatic hydroxyl groups is 1. The number of nitrogens with zero attached hydrogens (tertiary/aromatic N) is 2. The Kier molecular flexibility index (Phi) is 8.03. The van der Waals surface area contributed by atoms with Crippen LogP contribution < -0.4 is 10.1 Å². The highest BCUT2D eigenvalue weighted by Crippen LogP contribution is 2.26. The number of phenols is 1. The molecule has 12 heteroatoms. The van der Waals surface area contributed by atoms with Gasteiger partial charge in [-0.1, -0.05) is 6.07 Å². The van der Waals surface area contributed by atoms with Crippen LogP contribution in [0.25, 0.3) is 6.08 Å². The van der Waals surface area contributed by atoms with Crippen molar-refractivity contribution in [1.29, 1.82) is 0 Å². The van der Waals surface area contributed by atoms with Crippen LogP contribution in [0.15, 0.2) is 24.3 Å². The number of hydrogen-bond donors (Lipinski definition) is 6. The second-order valence-electron chi connectivity index (χ2n) is 4.17. The minimum Gasteiger partial charge on any atom is -0.504 e. The maximum atomic E-state index is 11.7. The first kappa shape index (κ1) is 19.8. The Morgan fingerprint density at radius 3 is 2.58 bits per heavy atom. The number of rotatable bonds is 9. The highest BCUT2D eigenvalue weighted by molar-refractivity contribution is 5.91. The standard InChI is InChI=1S/C12H17N3O9/c1-22-10-6-8(2-4-9(10)16)3-5-11(17)13-12(24-15(20)21)7-23-14(18)19/h2-6,12,16,18-21H,7H2,1H3,(H,13,17)/b5-3+. The predicted molar refractivity (Wildman–Crippen MR) is 73.5 cm³/mol. The van der Waals surface area contributed by atoms with E-state index in [4.69, 9.17) is 25.6 Å². The third kappa shape index (κ3) is 7.32. The van der Waals surface area contributed by atoms with Crippen LogP contribution in [0.1, 0.15) is 5.56 Å². The van der Waals surface area contributed by atoms with Crippen LogP contribution in [-0.4, -0.2) is 62.6 Å². The Morgan fingerprint density at radius 1 is 1.29 bits per heavy atom. The maximum Gasteiger partial charge on any atom is 0.246 e. The van der Waals surface area contributed by atoms with Gasteiger partial charge in [0.2, 0.25) is 5.91 Å². The molecule has 134 valence electrons.